The fraction of sp³-hybridized carbons (Fsp3) is 0.0769. The summed E-state index contributed by atoms with van der Waals surface area (Å²) in [5, 5.41) is 0. The van der Waals surface area contributed by atoms with Gasteiger partial charge in [-0.3, -0.25) is 9.59 Å². The van der Waals surface area contributed by atoms with Crippen molar-refractivity contribution in [2.45, 2.75) is 0 Å². The third-order valence-electron chi connectivity index (χ3n) is 2.66. The molecule has 0 bridgehead atoms. The molecule has 0 saturated heterocycles. The van der Waals surface area contributed by atoms with E-state index < -0.39 is 11.8 Å². The predicted octanol–water partition coefficient (Wildman–Crippen LogP) is 1.15. The molecular formula is C13H12N2O4. The van der Waals surface area contributed by atoms with Crippen LogP contribution in [0.25, 0.3) is 11.3 Å². The van der Waals surface area contributed by atoms with Gasteiger partial charge in [0.1, 0.15) is 17.8 Å². The average Bonchev–Trinajstić information content (AvgIpc) is 2.83. The standard InChI is InChI=1S/C13H12N2O4/c1-18-8-4-2-7(3-5-8)11-10(13(15)17)9(6-19-11)12(14)16/h2-6H,1H3,(H2,14,16)(H2,15,17). The molecule has 0 aliphatic heterocycles. The molecule has 1 aromatic carbocycles. The quantitative estimate of drug-likeness (QED) is 0.859. The topological polar surface area (TPSA) is 109 Å². The van der Waals surface area contributed by atoms with E-state index >= 15 is 0 Å². The van der Waals surface area contributed by atoms with Crippen molar-refractivity contribution in [2.75, 3.05) is 7.11 Å². The van der Waals surface area contributed by atoms with Crippen LogP contribution in [-0.4, -0.2) is 18.9 Å². The Kier molecular flexibility index (Phi) is 3.24. The predicted molar refractivity (Wildman–Crippen MR) is 67.7 cm³/mol. The Morgan fingerprint density at radius 3 is 2.21 bits per heavy atom. The van der Waals surface area contributed by atoms with Gasteiger partial charge in [0.05, 0.1) is 18.2 Å². The molecule has 4 N–H and O–H groups in total. The van der Waals surface area contributed by atoms with Gasteiger partial charge in [-0.1, -0.05) is 0 Å². The van der Waals surface area contributed by atoms with Gasteiger partial charge in [0, 0.05) is 5.56 Å². The first-order valence-electron chi connectivity index (χ1n) is 5.40. The molecule has 0 aliphatic rings. The Balaban J connectivity index is 2.55. The third kappa shape index (κ3) is 2.28. The zero-order valence-electron chi connectivity index (χ0n) is 10.2. The van der Waals surface area contributed by atoms with Crippen LogP contribution in [-0.2, 0) is 0 Å². The SMILES string of the molecule is COc1ccc(-c2occ(C(N)=O)c2C(N)=O)cc1. The van der Waals surface area contributed by atoms with Crippen LogP contribution in [0.15, 0.2) is 34.9 Å². The Labute approximate surface area is 108 Å². The first-order chi connectivity index (χ1) is 9.04. The van der Waals surface area contributed by atoms with Gasteiger partial charge in [-0.05, 0) is 24.3 Å². The monoisotopic (exact) mass is 260 g/mol. The summed E-state index contributed by atoms with van der Waals surface area (Å²) < 4.78 is 10.3. The van der Waals surface area contributed by atoms with Crippen LogP contribution in [0.5, 0.6) is 5.75 Å². The maximum absolute atomic E-state index is 11.4. The Morgan fingerprint density at radius 2 is 1.74 bits per heavy atom. The molecule has 19 heavy (non-hydrogen) atoms. The lowest BCUT2D eigenvalue weighted by Gasteiger charge is -2.03. The van der Waals surface area contributed by atoms with Crippen LogP contribution in [0, 0.1) is 0 Å². The summed E-state index contributed by atoms with van der Waals surface area (Å²) in [6.07, 6.45) is 1.13. The summed E-state index contributed by atoms with van der Waals surface area (Å²) >= 11 is 0. The van der Waals surface area contributed by atoms with E-state index in [-0.39, 0.29) is 16.9 Å². The number of ether oxygens (including phenoxy) is 1. The molecule has 2 amide bonds. The minimum atomic E-state index is -0.770. The molecule has 1 aromatic heterocycles. The minimum absolute atomic E-state index is 0.0160. The highest BCUT2D eigenvalue weighted by Gasteiger charge is 2.22. The Morgan fingerprint density at radius 1 is 1.11 bits per heavy atom. The molecular weight excluding hydrogens is 248 g/mol. The van der Waals surface area contributed by atoms with Crippen molar-refractivity contribution < 1.29 is 18.7 Å². The van der Waals surface area contributed by atoms with Gasteiger partial charge < -0.3 is 20.6 Å². The Bertz CT molecular complexity index is 629. The molecule has 6 heteroatoms. The normalized spacial score (nSPS) is 10.2. The highest BCUT2D eigenvalue weighted by molar-refractivity contribution is 6.09. The van der Waals surface area contributed by atoms with Crippen molar-refractivity contribution in [3.8, 4) is 17.1 Å². The number of primary amides is 2. The first-order valence-corrected chi connectivity index (χ1v) is 5.40. The van der Waals surface area contributed by atoms with Crippen molar-refractivity contribution in [3.63, 3.8) is 0 Å². The van der Waals surface area contributed by atoms with Crippen molar-refractivity contribution in [3.05, 3.63) is 41.7 Å². The van der Waals surface area contributed by atoms with Gasteiger partial charge in [0.15, 0.2) is 0 Å². The summed E-state index contributed by atoms with van der Waals surface area (Å²) in [5.41, 5.74) is 11.0. The summed E-state index contributed by atoms with van der Waals surface area (Å²) in [6.45, 7) is 0. The van der Waals surface area contributed by atoms with Gasteiger partial charge in [0.25, 0.3) is 11.8 Å². The second-order valence-electron chi connectivity index (χ2n) is 3.81. The summed E-state index contributed by atoms with van der Waals surface area (Å²) in [7, 11) is 1.54. The maximum atomic E-state index is 11.4. The molecule has 2 aromatic rings. The van der Waals surface area contributed by atoms with E-state index in [2.05, 4.69) is 0 Å². The smallest absolute Gasteiger partial charge is 0.253 e. The molecule has 1 heterocycles. The van der Waals surface area contributed by atoms with Crippen molar-refractivity contribution >= 4 is 11.8 Å². The van der Waals surface area contributed by atoms with Crippen LogP contribution in [0.3, 0.4) is 0 Å². The van der Waals surface area contributed by atoms with E-state index in [4.69, 9.17) is 20.6 Å². The van der Waals surface area contributed by atoms with Crippen LogP contribution in [0.1, 0.15) is 20.7 Å². The number of benzene rings is 1. The third-order valence-corrected chi connectivity index (χ3v) is 2.66. The molecule has 0 atom stereocenters. The minimum Gasteiger partial charge on any atom is -0.497 e. The number of nitrogens with two attached hydrogens (primary N) is 2. The van der Waals surface area contributed by atoms with Crippen LogP contribution in [0.2, 0.25) is 0 Å². The lowest BCUT2D eigenvalue weighted by molar-refractivity contribution is 0.0968. The summed E-state index contributed by atoms with van der Waals surface area (Å²) in [6, 6.07) is 6.78. The summed E-state index contributed by atoms with van der Waals surface area (Å²) in [5.74, 6) is -0.666. The van der Waals surface area contributed by atoms with Gasteiger partial charge in [-0.15, -0.1) is 0 Å². The van der Waals surface area contributed by atoms with Gasteiger partial charge in [-0.25, -0.2) is 0 Å². The van der Waals surface area contributed by atoms with Gasteiger partial charge >= 0.3 is 0 Å². The lowest BCUT2D eigenvalue weighted by Crippen LogP contribution is -2.19. The number of amides is 2. The lowest BCUT2D eigenvalue weighted by atomic mass is 10.0. The fourth-order valence-corrected chi connectivity index (χ4v) is 1.74. The van der Waals surface area contributed by atoms with Gasteiger partial charge in [0.2, 0.25) is 0 Å². The molecule has 0 unspecified atom stereocenters. The fourth-order valence-electron chi connectivity index (χ4n) is 1.74. The highest BCUT2D eigenvalue weighted by Crippen LogP contribution is 2.29. The number of methoxy groups -OCH3 is 1. The molecule has 0 spiro atoms. The number of hydrogen-bond donors (Lipinski definition) is 2. The summed E-state index contributed by atoms with van der Waals surface area (Å²) in [4.78, 5) is 22.6. The molecule has 0 fully saturated rings. The molecule has 6 nitrogen and oxygen atoms in total. The van der Waals surface area contributed by atoms with Crippen molar-refractivity contribution in [1.29, 1.82) is 0 Å². The average molecular weight is 260 g/mol. The van der Waals surface area contributed by atoms with Crippen LogP contribution >= 0.6 is 0 Å². The number of rotatable bonds is 4. The zero-order chi connectivity index (χ0) is 14.0. The second kappa shape index (κ2) is 4.85. The van der Waals surface area contributed by atoms with E-state index in [0.717, 1.165) is 6.26 Å². The highest BCUT2D eigenvalue weighted by atomic mass is 16.5. The van der Waals surface area contributed by atoms with Crippen LogP contribution in [0.4, 0.5) is 0 Å². The largest absolute Gasteiger partial charge is 0.497 e. The molecule has 2 rings (SSSR count). The zero-order valence-corrected chi connectivity index (χ0v) is 10.2. The number of carbonyl (C=O) groups is 2. The number of hydrogen-bond acceptors (Lipinski definition) is 4. The van der Waals surface area contributed by atoms with E-state index in [1.165, 1.54) is 0 Å². The number of carbonyl (C=O) groups excluding carboxylic acids is 2. The van der Waals surface area contributed by atoms with Crippen molar-refractivity contribution in [1.82, 2.24) is 0 Å². The van der Waals surface area contributed by atoms with E-state index in [0.29, 0.717) is 11.3 Å². The van der Waals surface area contributed by atoms with E-state index in [1.54, 1.807) is 31.4 Å². The maximum Gasteiger partial charge on any atom is 0.253 e. The molecule has 98 valence electrons. The number of furan rings is 1. The van der Waals surface area contributed by atoms with E-state index in [1.807, 2.05) is 0 Å². The second-order valence-corrected chi connectivity index (χ2v) is 3.81. The van der Waals surface area contributed by atoms with Crippen LogP contribution < -0.4 is 16.2 Å². The Hall–Kier alpha value is -2.76. The molecule has 0 aliphatic carbocycles. The first kappa shape index (κ1) is 12.7. The molecule has 0 radical (unpaired) electrons. The van der Waals surface area contributed by atoms with Crippen molar-refractivity contribution in [2.24, 2.45) is 11.5 Å². The van der Waals surface area contributed by atoms with E-state index in [9.17, 15) is 9.59 Å². The molecule has 0 saturated carbocycles. The van der Waals surface area contributed by atoms with Gasteiger partial charge in [-0.2, -0.15) is 0 Å².